The zero-order chi connectivity index (χ0) is 20.7. The molecule has 0 radical (unpaired) electrons. The number of hydrogen-bond acceptors (Lipinski definition) is 8. The summed E-state index contributed by atoms with van der Waals surface area (Å²) >= 11 is 0. The van der Waals surface area contributed by atoms with E-state index in [0.717, 1.165) is 18.5 Å². The van der Waals surface area contributed by atoms with Gasteiger partial charge in [0, 0.05) is 26.4 Å². The molecule has 4 aromatic rings. The van der Waals surface area contributed by atoms with Crippen LogP contribution in [0.5, 0.6) is 0 Å². The highest BCUT2D eigenvalue weighted by Crippen LogP contribution is 2.25. The molecule has 4 aromatic heterocycles. The fourth-order valence-electron chi connectivity index (χ4n) is 3.61. The lowest BCUT2D eigenvalue weighted by atomic mass is 9.89. The molecule has 1 aliphatic carbocycles. The largest absolute Gasteiger partial charge is 0.379 e. The van der Waals surface area contributed by atoms with E-state index in [4.69, 9.17) is 4.74 Å². The van der Waals surface area contributed by atoms with E-state index in [1.807, 2.05) is 28.8 Å². The van der Waals surface area contributed by atoms with Gasteiger partial charge < -0.3 is 20.7 Å². The molecule has 3 N–H and O–H groups in total. The zero-order valence-electron chi connectivity index (χ0n) is 16.5. The molecule has 11 heteroatoms. The minimum atomic E-state index is -0.219. The van der Waals surface area contributed by atoms with Gasteiger partial charge in [0.15, 0.2) is 11.3 Å². The predicted octanol–water partition coefficient (Wildman–Crippen LogP) is 1.46. The van der Waals surface area contributed by atoms with Gasteiger partial charge in [0.2, 0.25) is 0 Å². The lowest BCUT2D eigenvalue weighted by Gasteiger charge is -2.35. The third kappa shape index (κ3) is 2.99. The molecular weight excluding hydrogens is 386 g/mol. The van der Waals surface area contributed by atoms with E-state index < -0.39 is 0 Å². The van der Waals surface area contributed by atoms with Crippen molar-refractivity contribution in [1.29, 1.82) is 0 Å². The fraction of sp³-hybridized carbons (Fsp3) is 0.316. The van der Waals surface area contributed by atoms with Gasteiger partial charge in [-0.25, -0.2) is 4.98 Å². The summed E-state index contributed by atoms with van der Waals surface area (Å²) in [6, 6.07) is 5.60. The molecule has 0 spiro atoms. The molecule has 1 amide bonds. The Bertz CT molecular complexity index is 1230. The van der Waals surface area contributed by atoms with Gasteiger partial charge >= 0.3 is 0 Å². The normalized spacial score (nSPS) is 18.3. The zero-order valence-corrected chi connectivity index (χ0v) is 16.5. The summed E-state index contributed by atoms with van der Waals surface area (Å²) in [5.41, 5.74) is 2.27. The summed E-state index contributed by atoms with van der Waals surface area (Å²) in [6.07, 6.45) is 6.92. The number of hydrogen-bond donors (Lipinski definition) is 3. The number of rotatable bonds is 6. The Hall–Kier alpha value is -3.73. The summed E-state index contributed by atoms with van der Waals surface area (Å²) in [4.78, 5) is 17.5. The Labute approximate surface area is 171 Å². The molecule has 0 unspecified atom stereocenters. The van der Waals surface area contributed by atoms with E-state index in [1.165, 1.54) is 6.20 Å². The van der Waals surface area contributed by atoms with Gasteiger partial charge in [0.25, 0.3) is 5.91 Å². The SMILES string of the molecule is CNc1cc(Nc2cccn3cnnc23)nc2c(C(=O)N[C@H]3CC[C@@H]3OC)cnn12. The first-order chi connectivity index (χ1) is 14.7. The quantitative estimate of drug-likeness (QED) is 0.439. The minimum Gasteiger partial charge on any atom is -0.379 e. The fourth-order valence-corrected chi connectivity index (χ4v) is 3.61. The lowest BCUT2D eigenvalue weighted by Crippen LogP contribution is -2.51. The van der Waals surface area contributed by atoms with Crippen LogP contribution in [0, 0.1) is 0 Å². The molecule has 0 aromatic carbocycles. The van der Waals surface area contributed by atoms with Crippen LogP contribution in [0.3, 0.4) is 0 Å². The Morgan fingerprint density at radius 1 is 1.30 bits per heavy atom. The number of amides is 1. The van der Waals surface area contributed by atoms with Crippen molar-refractivity contribution in [3.05, 3.63) is 42.5 Å². The van der Waals surface area contributed by atoms with Crippen molar-refractivity contribution in [1.82, 2.24) is 34.5 Å². The van der Waals surface area contributed by atoms with Crippen molar-refractivity contribution >= 4 is 34.5 Å². The van der Waals surface area contributed by atoms with E-state index >= 15 is 0 Å². The summed E-state index contributed by atoms with van der Waals surface area (Å²) in [5, 5.41) is 21.8. The Morgan fingerprint density at radius 2 is 2.20 bits per heavy atom. The molecule has 30 heavy (non-hydrogen) atoms. The first-order valence-corrected chi connectivity index (χ1v) is 9.63. The summed E-state index contributed by atoms with van der Waals surface area (Å²) in [5.74, 6) is 1.02. The Morgan fingerprint density at radius 3 is 2.97 bits per heavy atom. The molecule has 0 bridgehead atoms. The number of aromatic nitrogens is 6. The average Bonchev–Trinajstić information content (AvgIpc) is 3.38. The number of pyridine rings is 1. The second kappa shape index (κ2) is 7.26. The maximum Gasteiger partial charge on any atom is 0.257 e. The Kier molecular flexibility index (Phi) is 4.43. The van der Waals surface area contributed by atoms with Gasteiger partial charge in [-0.2, -0.15) is 9.61 Å². The number of anilines is 3. The maximum absolute atomic E-state index is 12.9. The molecular formula is C19H21N9O2. The van der Waals surface area contributed by atoms with Crippen LogP contribution in [0.1, 0.15) is 23.2 Å². The van der Waals surface area contributed by atoms with E-state index in [0.29, 0.717) is 28.5 Å². The van der Waals surface area contributed by atoms with Crippen molar-refractivity contribution < 1.29 is 9.53 Å². The van der Waals surface area contributed by atoms with Crippen molar-refractivity contribution in [2.75, 3.05) is 24.8 Å². The van der Waals surface area contributed by atoms with Crippen molar-refractivity contribution in [3.63, 3.8) is 0 Å². The van der Waals surface area contributed by atoms with Crippen molar-refractivity contribution in [2.45, 2.75) is 25.0 Å². The molecule has 1 saturated carbocycles. The van der Waals surface area contributed by atoms with Crippen LogP contribution in [0.4, 0.5) is 17.3 Å². The Balaban J connectivity index is 1.50. The second-order valence-electron chi connectivity index (χ2n) is 7.11. The first-order valence-electron chi connectivity index (χ1n) is 9.63. The number of ether oxygens (including phenoxy) is 1. The lowest BCUT2D eigenvalue weighted by molar-refractivity contribution is 0.00732. The van der Waals surface area contributed by atoms with Crippen LogP contribution in [0.15, 0.2) is 36.9 Å². The molecule has 1 fully saturated rings. The monoisotopic (exact) mass is 407 g/mol. The molecule has 0 saturated heterocycles. The van der Waals surface area contributed by atoms with Crippen molar-refractivity contribution in [2.24, 2.45) is 0 Å². The highest BCUT2D eigenvalue weighted by molar-refractivity contribution is 6.00. The van der Waals surface area contributed by atoms with Crippen LogP contribution < -0.4 is 16.0 Å². The minimum absolute atomic E-state index is 0.00747. The van der Waals surface area contributed by atoms with Crippen molar-refractivity contribution in [3.8, 4) is 0 Å². The summed E-state index contributed by atoms with van der Waals surface area (Å²) in [6.45, 7) is 0. The number of nitrogens with one attached hydrogen (secondary N) is 3. The highest BCUT2D eigenvalue weighted by atomic mass is 16.5. The van der Waals surface area contributed by atoms with Gasteiger partial charge in [-0.15, -0.1) is 10.2 Å². The molecule has 0 aliphatic heterocycles. The van der Waals surface area contributed by atoms with Gasteiger partial charge in [0.1, 0.15) is 23.5 Å². The molecule has 11 nitrogen and oxygen atoms in total. The molecule has 5 rings (SSSR count). The van der Waals surface area contributed by atoms with Gasteiger partial charge in [-0.05, 0) is 25.0 Å². The predicted molar refractivity (Wildman–Crippen MR) is 110 cm³/mol. The number of carbonyl (C=O) groups excluding carboxylic acids is 1. The standard InChI is InChI=1S/C19H21N9O2/c1-20-16-8-15(23-13-4-3-7-27-10-21-26-18(13)27)25-17-11(9-22-28(16)17)19(29)24-12-5-6-14(12)30-2/h3-4,7-10,12,14,20H,5-6H2,1-2H3,(H,23,25)(H,24,29)/t12-,14-/m0/s1. The van der Waals surface area contributed by atoms with Crippen LogP contribution in [0.25, 0.3) is 11.3 Å². The van der Waals surface area contributed by atoms with E-state index in [2.05, 4.69) is 36.2 Å². The highest BCUT2D eigenvalue weighted by Gasteiger charge is 2.33. The molecule has 154 valence electrons. The molecule has 2 atom stereocenters. The first kappa shape index (κ1) is 18.3. The van der Waals surface area contributed by atoms with Gasteiger partial charge in [0.05, 0.1) is 24.0 Å². The second-order valence-corrected chi connectivity index (χ2v) is 7.11. The number of carbonyl (C=O) groups is 1. The van der Waals surface area contributed by atoms with E-state index in [-0.39, 0.29) is 18.1 Å². The summed E-state index contributed by atoms with van der Waals surface area (Å²) in [7, 11) is 3.45. The van der Waals surface area contributed by atoms with Crippen LogP contribution in [-0.2, 0) is 4.74 Å². The number of nitrogens with zero attached hydrogens (tertiary/aromatic N) is 6. The third-order valence-electron chi connectivity index (χ3n) is 5.39. The average molecular weight is 407 g/mol. The van der Waals surface area contributed by atoms with Gasteiger partial charge in [-0.3, -0.25) is 9.20 Å². The van der Waals surface area contributed by atoms with Crippen LogP contribution in [-0.4, -0.2) is 61.4 Å². The number of methoxy groups -OCH3 is 1. The number of fused-ring (bicyclic) bond motifs is 2. The topological polar surface area (TPSA) is 123 Å². The smallest absolute Gasteiger partial charge is 0.257 e. The molecule has 4 heterocycles. The summed E-state index contributed by atoms with van der Waals surface area (Å²) < 4.78 is 8.78. The van der Waals surface area contributed by atoms with Crippen LogP contribution >= 0.6 is 0 Å². The third-order valence-corrected chi connectivity index (χ3v) is 5.39. The van der Waals surface area contributed by atoms with E-state index in [9.17, 15) is 4.79 Å². The van der Waals surface area contributed by atoms with Gasteiger partial charge in [-0.1, -0.05) is 0 Å². The molecule has 1 aliphatic rings. The van der Waals surface area contributed by atoms with E-state index in [1.54, 1.807) is 25.0 Å². The maximum atomic E-state index is 12.9. The van der Waals surface area contributed by atoms with Crippen LogP contribution in [0.2, 0.25) is 0 Å².